The van der Waals surface area contributed by atoms with Gasteiger partial charge >= 0.3 is 0 Å². The van der Waals surface area contributed by atoms with E-state index in [1.807, 2.05) is 0 Å². The Morgan fingerprint density at radius 1 is 1.55 bits per heavy atom. The predicted octanol–water partition coefficient (Wildman–Crippen LogP) is 2.06. The molecule has 0 aliphatic rings. The Hall–Kier alpha value is -1.94. The number of rotatable bonds is 2. The first-order valence-corrected chi connectivity index (χ1v) is 6.85. The number of nitrogens with one attached hydrogen (secondary N) is 1. The summed E-state index contributed by atoms with van der Waals surface area (Å²) in [6.45, 7) is 1.97. The van der Waals surface area contributed by atoms with Crippen molar-refractivity contribution in [1.82, 2.24) is 9.59 Å². The molecular formula is C13H11ClN4OS. The average Bonchev–Trinajstić information content (AvgIpc) is 2.85. The van der Waals surface area contributed by atoms with Gasteiger partial charge in [0.25, 0.3) is 5.91 Å². The molecule has 0 spiro atoms. The Bertz CT molecular complexity index is 702. The maximum absolute atomic E-state index is 12.1. The molecule has 0 aliphatic heterocycles. The van der Waals surface area contributed by atoms with Gasteiger partial charge in [-0.15, -0.1) is 5.10 Å². The van der Waals surface area contributed by atoms with Crippen LogP contribution < -0.4 is 11.1 Å². The van der Waals surface area contributed by atoms with Crippen molar-refractivity contribution in [2.75, 3.05) is 11.9 Å². The fraction of sp³-hybridized carbons (Fsp3) is 0.154. The number of halogens is 1. The lowest BCUT2D eigenvalue weighted by atomic mass is 10.1. The van der Waals surface area contributed by atoms with Crippen LogP contribution in [0.5, 0.6) is 0 Å². The van der Waals surface area contributed by atoms with E-state index >= 15 is 0 Å². The van der Waals surface area contributed by atoms with Crippen LogP contribution in [0, 0.1) is 18.8 Å². The SMILES string of the molecule is Cc1nnsc1C(=O)Nc1ccc(Cl)cc1C#CCN. The number of carbonyl (C=O) groups excluding carboxylic acids is 1. The molecule has 0 radical (unpaired) electrons. The number of nitrogens with two attached hydrogens (primary N) is 1. The smallest absolute Gasteiger partial charge is 0.269 e. The lowest BCUT2D eigenvalue weighted by Gasteiger charge is -2.07. The van der Waals surface area contributed by atoms with E-state index in [1.165, 1.54) is 0 Å². The van der Waals surface area contributed by atoms with Crippen LogP contribution >= 0.6 is 23.1 Å². The molecule has 1 amide bonds. The molecule has 3 N–H and O–H groups in total. The minimum atomic E-state index is -0.268. The van der Waals surface area contributed by atoms with Crippen molar-refractivity contribution in [3.05, 3.63) is 39.4 Å². The second-order valence-electron chi connectivity index (χ2n) is 3.84. The standard InChI is InChI=1S/C13H11ClN4OS/c1-8-12(20-18-17-8)13(19)16-11-5-4-10(14)7-9(11)3-2-6-15/h4-5,7H,6,15H2,1H3,(H,16,19). The third-order valence-corrected chi connectivity index (χ3v) is 3.47. The molecular weight excluding hydrogens is 296 g/mol. The van der Waals surface area contributed by atoms with Gasteiger partial charge in [-0.25, -0.2) is 0 Å². The average molecular weight is 307 g/mol. The molecule has 1 aromatic heterocycles. The Morgan fingerprint density at radius 2 is 2.35 bits per heavy atom. The topological polar surface area (TPSA) is 80.9 Å². The van der Waals surface area contributed by atoms with Crippen LogP contribution in [0.4, 0.5) is 5.69 Å². The number of hydrogen-bond acceptors (Lipinski definition) is 5. The first-order chi connectivity index (χ1) is 9.61. The zero-order valence-electron chi connectivity index (χ0n) is 10.6. The van der Waals surface area contributed by atoms with Gasteiger partial charge in [-0.05, 0) is 36.7 Å². The number of nitrogens with zero attached hydrogens (tertiary/aromatic N) is 2. The summed E-state index contributed by atoms with van der Waals surface area (Å²) in [5, 5.41) is 7.13. The predicted molar refractivity (Wildman–Crippen MR) is 80.0 cm³/mol. The van der Waals surface area contributed by atoms with Crippen LogP contribution in [0.2, 0.25) is 5.02 Å². The van der Waals surface area contributed by atoms with E-state index in [-0.39, 0.29) is 12.5 Å². The van der Waals surface area contributed by atoms with E-state index in [0.29, 0.717) is 26.8 Å². The first kappa shape index (κ1) is 14.5. The van der Waals surface area contributed by atoms with Crippen LogP contribution in [0.3, 0.4) is 0 Å². The Balaban J connectivity index is 2.29. The minimum Gasteiger partial charge on any atom is -0.320 e. The van der Waals surface area contributed by atoms with Crippen molar-refractivity contribution in [3.8, 4) is 11.8 Å². The van der Waals surface area contributed by atoms with Crippen molar-refractivity contribution in [1.29, 1.82) is 0 Å². The van der Waals surface area contributed by atoms with E-state index in [4.69, 9.17) is 17.3 Å². The summed E-state index contributed by atoms with van der Waals surface area (Å²) in [6.07, 6.45) is 0. The number of aryl methyl sites for hydroxylation is 1. The summed E-state index contributed by atoms with van der Waals surface area (Å²) in [5.74, 6) is 5.35. The monoisotopic (exact) mass is 306 g/mol. The highest BCUT2D eigenvalue weighted by Crippen LogP contribution is 2.21. The maximum Gasteiger partial charge on any atom is 0.269 e. The summed E-state index contributed by atoms with van der Waals surface area (Å²) in [5.41, 5.74) is 7.14. The molecule has 20 heavy (non-hydrogen) atoms. The highest BCUT2D eigenvalue weighted by Gasteiger charge is 2.14. The number of amides is 1. The van der Waals surface area contributed by atoms with Gasteiger partial charge in [0.2, 0.25) is 0 Å². The molecule has 0 aliphatic carbocycles. The molecule has 1 aromatic carbocycles. The molecule has 0 bridgehead atoms. The number of benzene rings is 1. The first-order valence-electron chi connectivity index (χ1n) is 5.70. The van der Waals surface area contributed by atoms with Gasteiger partial charge < -0.3 is 11.1 Å². The van der Waals surface area contributed by atoms with Crippen molar-refractivity contribution < 1.29 is 4.79 Å². The van der Waals surface area contributed by atoms with Gasteiger partial charge in [-0.3, -0.25) is 4.79 Å². The summed E-state index contributed by atoms with van der Waals surface area (Å²) < 4.78 is 3.74. The van der Waals surface area contributed by atoms with Crippen molar-refractivity contribution in [2.45, 2.75) is 6.92 Å². The molecule has 0 atom stereocenters. The zero-order valence-corrected chi connectivity index (χ0v) is 12.2. The molecule has 1 heterocycles. The summed E-state index contributed by atoms with van der Waals surface area (Å²) in [4.78, 5) is 12.6. The fourth-order valence-corrected chi connectivity index (χ4v) is 2.22. The largest absolute Gasteiger partial charge is 0.320 e. The van der Waals surface area contributed by atoms with Crippen LogP contribution in [-0.4, -0.2) is 22.0 Å². The fourth-order valence-electron chi connectivity index (χ4n) is 1.49. The lowest BCUT2D eigenvalue weighted by Crippen LogP contribution is -2.12. The van der Waals surface area contributed by atoms with Crippen LogP contribution in [0.1, 0.15) is 20.9 Å². The molecule has 7 heteroatoms. The van der Waals surface area contributed by atoms with Crippen LogP contribution in [0.25, 0.3) is 0 Å². The summed E-state index contributed by atoms with van der Waals surface area (Å²) in [6, 6.07) is 5.06. The Morgan fingerprint density at radius 3 is 3.00 bits per heavy atom. The number of hydrogen-bond donors (Lipinski definition) is 2. The highest BCUT2D eigenvalue weighted by atomic mass is 35.5. The van der Waals surface area contributed by atoms with E-state index in [9.17, 15) is 4.79 Å². The van der Waals surface area contributed by atoms with E-state index in [1.54, 1.807) is 25.1 Å². The lowest BCUT2D eigenvalue weighted by molar-refractivity contribution is 0.103. The third-order valence-electron chi connectivity index (χ3n) is 2.41. The van der Waals surface area contributed by atoms with Gasteiger partial charge in [0.15, 0.2) is 0 Å². The molecule has 0 fully saturated rings. The zero-order chi connectivity index (χ0) is 14.5. The molecule has 0 unspecified atom stereocenters. The molecule has 0 saturated carbocycles. The van der Waals surface area contributed by atoms with Gasteiger partial charge in [-0.2, -0.15) is 0 Å². The van der Waals surface area contributed by atoms with E-state index < -0.39 is 0 Å². The van der Waals surface area contributed by atoms with Gasteiger partial charge in [-0.1, -0.05) is 27.9 Å². The van der Waals surface area contributed by atoms with Gasteiger partial charge in [0, 0.05) is 10.6 Å². The molecule has 2 rings (SSSR count). The van der Waals surface area contributed by atoms with Gasteiger partial charge in [0.1, 0.15) is 4.88 Å². The van der Waals surface area contributed by atoms with E-state index in [2.05, 4.69) is 26.7 Å². The third kappa shape index (κ3) is 3.33. The molecule has 102 valence electrons. The van der Waals surface area contributed by atoms with Crippen LogP contribution in [0.15, 0.2) is 18.2 Å². The number of aromatic nitrogens is 2. The second kappa shape index (κ2) is 6.48. The van der Waals surface area contributed by atoms with Gasteiger partial charge in [0.05, 0.1) is 17.9 Å². The second-order valence-corrected chi connectivity index (χ2v) is 5.03. The Labute approximate surface area is 125 Å². The number of anilines is 1. The molecule has 5 nitrogen and oxygen atoms in total. The van der Waals surface area contributed by atoms with Crippen LogP contribution in [-0.2, 0) is 0 Å². The summed E-state index contributed by atoms with van der Waals surface area (Å²) >= 11 is 6.98. The molecule has 0 saturated heterocycles. The van der Waals surface area contributed by atoms with Crippen molar-refractivity contribution >= 4 is 34.7 Å². The Kier molecular flexibility index (Phi) is 4.69. The molecule has 2 aromatic rings. The summed E-state index contributed by atoms with van der Waals surface area (Å²) in [7, 11) is 0. The maximum atomic E-state index is 12.1. The van der Waals surface area contributed by atoms with E-state index in [0.717, 1.165) is 11.5 Å². The quantitative estimate of drug-likeness (QED) is 0.832. The highest BCUT2D eigenvalue weighted by molar-refractivity contribution is 7.08. The normalized spacial score (nSPS) is 9.75. The van der Waals surface area contributed by atoms with Crippen molar-refractivity contribution in [3.63, 3.8) is 0 Å². The minimum absolute atomic E-state index is 0.234. The number of carbonyl (C=O) groups is 1. The van der Waals surface area contributed by atoms with Crippen molar-refractivity contribution in [2.24, 2.45) is 5.73 Å².